The summed E-state index contributed by atoms with van der Waals surface area (Å²) in [5.41, 5.74) is 2.48. The lowest BCUT2D eigenvalue weighted by atomic mass is 10.1. The molecule has 0 aliphatic heterocycles. The van der Waals surface area contributed by atoms with Crippen molar-refractivity contribution in [3.63, 3.8) is 0 Å². The van der Waals surface area contributed by atoms with E-state index in [0.717, 1.165) is 34.0 Å². The van der Waals surface area contributed by atoms with Gasteiger partial charge in [-0.05, 0) is 40.5 Å². The third-order valence-electron chi connectivity index (χ3n) is 5.77. The van der Waals surface area contributed by atoms with Gasteiger partial charge in [-0.25, -0.2) is 18.1 Å². The van der Waals surface area contributed by atoms with Crippen molar-refractivity contribution in [2.24, 2.45) is 0 Å². The third-order valence-corrected chi connectivity index (χ3v) is 8.42. The molecule has 1 aliphatic carbocycles. The number of sulfonamides is 1. The summed E-state index contributed by atoms with van der Waals surface area (Å²) in [7, 11) is -3.76. The van der Waals surface area contributed by atoms with Crippen LogP contribution in [0.25, 0.3) is 10.8 Å². The van der Waals surface area contributed by atoms with Gasteiger partial charge >= 0.3 is 0 Å². The van der Waals surface area contributed by atoms with Crippen molar-refractivity contribution < 1.29 is 8.42 Å². The molecule has 33 heavy (non-hydrogen) atoms. The van der Waals surface area contributed by atoms with Crippen LogP contribution in [0.2, 0.25) is 0 Å². The van der Waals surface area contributed by atoms with Gasteiger partial charge in [0.2, 0.25) is 10.0 Å². The van der Waals surface area contributed by atoms with Crippen LogP contribution in [-0.4, -0.2) is 18.4 Å². The minimum absolute atomic E-state index is 0.203. The molecule has 4 aromatic rings. The second-order valence-corrected chi connectivity index (χ2v) is 10.9. The number of hydrogen-bond donors (Lipinski definition) is 2. The molecular weight excluding hydrogens is 454 g/mol. The maximum atomic E-state index is 13.3. The van der Waals surface area contributed by atoms with Crippen LogP contribution in [0.4, 0.5) is 0 Å². The van der Waals surface area contributed by atoms with Crippen LogP contribution < -0.4 is 10.3 Å². The molecule has 5 rings (SSSR count). The zero-order chi connectivity index (χ0) is 23.0. The first kappa shape index (κ1) is 21.9. The number of H-pyrrole nitrogens is 1. The highest BCUT2D eigenvalue weighted by atomic mass is 32.2. The highest BCUT2D eigenvalue weighted by Gasteiger charge is 2.38. The highest BCUT2D eigenvalue weighted by molar-refractivity contribution is 7.99. The molecule has 0 saturated heterocycles. The number of aromatic amines is 1. The molecule has 0 fully saturated rings. The van der Waals surface area contributed by atoms with E-state index in [0.29, 0.717) is 11.6 Å². The monoisotopic (exact) mass is 477 g/mol. The van der Waals surface area contributed by atoms with Crippen LogP contribution >= 0.6 is 11.8 Å². The van der Waals surface area contributed by atoms with E-state index in [-0.39, 0.29) is 15.7 Å². The Morgan fingerprint density at radius 2 is 1.73 bits per heavy atom. The lowest BCUT2D eigenvalue weighted by molar-refractivity contribution is 0.557. The van der Waals surface area contributed by atoms with E-state index >= 15 is 0 Å². The van der Waals surface area contributed by atoms with Crippen molar-refractivity contribution in [3.8, 4) is 0 Å². The van der Waals surface area contributed by atoms with Gasteiger partial charge < -0.3 is 4.98 Å². The minimum atomic E-state index is -3.76. The van der Waals surface area contributed by atoms with Gasteiger partial charge in [-0.1, -0.05) is 79.7 Å². The molecule has 0 spiro atoms. The summed E-state index contributed by atoms with van der Waals surface area (Å²) in [4.78, 5) is 19.9. The zero-order valence-corrected chi connectivity index (χ0v) is 19.6. The Bertz CT molecular complexity index is 1480. The predicted molar refractivity (Wildman–Crippen MR) is 131 cm³/mol. The van der Waals surface area contributed by atoms with Crippen molar-refractivity contribution in [2.45, 2.75) is 41.1 Å². The van der Waals surface area contributed by atoms with Crippen molar-refractivity contribution in [1.82, 2.24) is 14.7 Å². The lowest BCUT2D eigenvalue weighted by Crippen LogP contribution is -2.30. The van der Waals surface area contributed by atoms with Gasteiger partial charge in [0.15, 0.2) is 5.16 Å². The maximum absolute atomic E-state index is 13.3. The normalized spacial score (nSPS) is 17.5. The third kappa shape index (κ3) is 4.21. The Balaban J connectivity index is 1.59. The van der Waals surface area contributed by atoms with Gasteiger partial charge in [-0.2, -0.15) is 0 Å². The van der Waals surface area contributed by atoms with Crippen molar-refractivity contribution in [3.05, 3.63) is 100.0 Å². The summed E-state index contributed by atoms with van der Waals surface area (Å²) in [5.74, 6) is 0. The molecule has 3 aromatic carbocycles. The summed E-state index contributed by atoms with van der Waals surface area (Å²) in [6.45, 7) is 2.04. The quantitative estimate of drug-likeness (QED) is 0.375. The average molecular weight is 478 g/mol. The molecule has 6 nitrogen and oxygen atoms in total. The Morgan fingerprint density at radius 3 is 2.45 bits per heavy atom. The van der Waals surface area contributed by atoms with Crippen LogP contribution in [0.15, 0.2) is 87.6 Å². The fraction of sp³-hybridized carbons (Fsp3) is 0.200. The minimum Gasteiger partial charge on any atom is -0.301 e. The number of nitrogens with one attached hydrogen (secondary N) is 2. The van der Waals surface area contributed by atoms with E-state index in [1.807, 2.05) is 43.3 Å². The first-order valence-corrected chi connectivity index (χ1v) is 13.2. The number of aromatic nitrogens is 2. The van der Waals surface area contributed by atoms with Gasteiger partial charge in [0.25, 0.3) is 5.56 Å². The van der Waals surface area contributed by atoms with Crippen LogP contribution in [0.5, 0.6) is 0 Å². The summed E-state index contributed by atoms with van der Waals surface area (Å²) >= 11 is 1.39. The van der Waals surface area contributed by atoms with Gasteiger partial charge in [0.1, 0.15) is 0 Å². The Morgan fingerprint density at radius 1 is 1.00 bits per heavy atom. The number of hydrogen-bond acceptors (Lipinski definition) is 5. The van der Waals surface area contributed by atoms with E-state index in [1.54, 1.807) is 30.3 Å². The molecule has 0 saturated carbocycles. The standard InChI is InChI=1S/C25H23N3O3S2/c1-2-8-17-15-21(29)27-25(26-17)32-24-20-14-7-10-16-9-6-13-19(22(16)20)23(24)28-33(30,31)18-11-4-3-5-12-18/h3-7,9-15,23-24,28H,2,8H2,1H3,(H,26,27,29). The zero-order valence-electron chi connectivity index (χ0n) is 18.0. The van der Waals surface area contributed by atoms with E-state index in [9.17, 15) is 13.2 Å². The smallest absolute Gasteiger partial charge is 0.251 e. The Hall–Kier alpha value is -2.94. The SMILES string of the molecule is CCCc1cc(=O)[nH]c(SC2c3cccc4cccc(c34)C2NS(=O)(=O)c2ccccc2)n1. The van der Waals surface area contributed by atoms with Gasteiger partial charge in [0.05, 0.1) is 16.2 Å². The number of benzene rings is 3. The molecule has 0 bridgehead atoms. The first-order chi connectivity index (χ1) is 16.0. The second-order valence-electron chi connectivity index (χ2n) is 8.03. The van der Waals surface area contributed by atoms with E-state index in [2.05, 4.69) is 14.7 Å². The van der Waals surface area contributed by atoms with E-state index in [4.69, 9.17) is 0 Å². The average Bonchev–Trinajstić information content (AvgIpc) is 3.08. The van der Waals surface area contributed by atoms with Gasteiger partial charge in [-0.15, -0.1) is 0 Å². The predicted octanol–water partition coefficient (Wildman–Crippen LogP) is 4.74. The molecule has 1 heterocycles. The molecule has 2 unspecified atom stereocenters. The number of nitrogens with zero attached hydrogens (tertiary/aromatic N) is 1. The number of thioether (sulfide) groups is 1. The molecule has 8 heteroatoms. The summed E-state index contributed by atoms with van der Waals surface area (Å²) < 4.78 is 29.4. The van der Waals surface area contributed by atoms with Crippen LogP contribution in [0.3, 0.4) is 0 Å². The second kappa shape index (κ2) is 8.78. The Labute approximate surface area is 196 Å². The van der Waals surface area contributed by atoms with E-state index in [1.165, 1.54) is 17.8 Å². The van der Waals surface area contributed by atoms with Crippen molar-refractivity contribution in [2.75, 3.05) is 0 Å². The Kier molecular flexibility index (Phi) is 5.82. The van der Waals surface area contributed by atoms with E-state index < -0.39 is 16.1 Å². The van der Waals surface area contributed by atoms with Crippen molar-refractivity contribution in [1.29, 1.82) is 0 Å². The highest BCUT2D eigenvalue weighted by Crippen LogP contribution is 2.52. The first-order valence-electron chi connectivity index (χ1n) is 10.8. The molecule has 0 radical (unpaired) electrons. The fourth-order valence-corrected chi connectivity index (χ4v) is 6.95. The molecule has 2 N–H and O–H groups in total. The molecule has 0 amide bonds. The van der Waals surface area contributed by atoms with Gasteiger partial charge in [-0.3, -0.25) is 4.79 Å². The molecule has 168 valence electrons. The topological polar surface area (TPSA) is 91.9 Å². The van der Waals surface area contributed by atoms with Crippen LogP contribution in [-0.2, 0) is 16.4 Å². The van der Waals surface area contributed by atoms with Crippen LogP contribution in [0.1, 0.15) is 41.5 Å². The molecular formula is C25H23N3O3S2. The number of rotatable bonds is 7. The summed E-state index contributed by atoms with van der Waals surface area (Å²) in [6, 6.07) is 21.3. The number of aryl methyl sites for hydroxylation is 1. The summed E-state index contributed by atoms with van der Waals surface area (Å²) in [5, 5.41) is 2.30. The lowest BCUT2D eigenvalue weighted by Gasteiger charge is -2.22. The summed E-state index contributed by atoms with van der Waals surface area (Å²) in [6.07, 6.45) is 1.59. The molecule has 2 atom stereocenters. The fourth-order valence-electron chi connectivity index (χ4n) is 4.37. The van der Waals surface area contributed by atoms with Crippen molar-refractivity contribution >= 4 is 32.6 Å². The van der Waals surface area contributed by atoms with Gasteiger partial charge in [0, 0.05) is 11.8 Å². The molecule has 1 aromatic heterocycles. The molecule has 1 aliphatic rings. The largest absolute Gasteiger partial charge is 0.301 e. The maximum Gasteiger partial charge on any atom is 0.251 e. The van der Waals surface area contributed by atoms with Crippen LogP contribution in [0, 0.1) is 0 Å².